The molecule has 0 N–H and O–H groups in total. The molecule has 0 bridgehead atoms. The van der Waals surface area contributed by atoms with Crippen LogP contribution < -0.4 is 0 Å². The highest BCUT2D eigenvalue weighted by Gasteiger charge is 2.06. The summed E-state index contributed by atoms with van der Waals surface area (Å²) in [6.45, 7) is 16.1. The van der Waals surface area contributed by atoms with Crippen LogP contribution in [0, 0.1) is 12.8 Å². The van der Waals surface area contributed by atoms with Crippen molar-refractivity contribution in [3.63, 3.8) is 0 Å². The number of hydrogen-bond acceptors (Lipinski definition) is 1. The van der Waals surface area contributed by atoms with Crippen LogP contribution in [0.1, 0.15) is 24.0 Å². The Balaban J connectivity index is 0.000000509. The first-order valence-corrected chi connectivity index (χ1v) is 5.22. The summed E-state index contributed by atoms with van der Waals surface area (Å²) in [6.07, 6.45) is 8.49. The zero-order chi connectivity index (χ0) is 12.6. The topological polar surface area (TPSA) is 13.1 Å². The molecule has 86 valence electrons. The van der Waals surface area contributed by atoms with E-state index >= 15 is 0 Å². The Hall–Kier alpha value is -1.76. The van der Waals surface area contributed by atoms with Gasteiger partial charge in [-0.2, -0.15) is 0 Å². The lowest BCUT2D eigenvalue weighted by Crippen LogP contribution is -1.77. The zero-order valence-corrected chi connectivity index (χ0v) is 10.2. The SMILES string of the molecule is C=C.C=C.Cc1cc2c(o1)C=CC(C)C=C2. The predicted octanol–water partition coefficient (Wildman–Crippen LogP) is 4.87. The van der Waals surface area contributed by atoms with Crippen molar-refractivity contribution in [1.82, 2.24) is 0 Å². The van der Waals surface area contributed by atoms with E-state index in [9.17, 15) is 0 Å². The van der Waals surface area contributed by atoms with E-state index < -0.39 is 0 Å². The summed E-state index contributed by atoms with van der Waals surface area (Å²) < 4.78 is 5.50. The van der Waals surface area contributed by atoms with Crippen LogP contribution in [0.25, 0.3) is 12.2 Å². The molecule has 0 saturated heterocycles. The van der Waals surface area contributed by atoms with Gasteiger partial charge in [-0.25, -0.2) is 0 Å². The maximum atomic E-state index is 5.50. The molecule has 2 rings (SSSR count). The summed E-state index contributed by atoms with van der Waals surface area (Å²) in [7, 11) is 0. The van der Waals surface area contributed by atoms with Crippen molar-refractivity contribution in [3.8, 4) is 0 Å². The van der Waals surface area contributed by atoms with Gasteiger partial charge in [-0.3, -0.25) is 0 Å². The summed E-state index contributed by atoms with van der Waals surface area (Å²) in [4.78, 5) is 0. The van der Waals surface area contributed by atoms with E-state index in [1.54, 1.807) is 0 Å². The predicted molar refractivity (Wildman–Crippen MR) is 73.2 cm³/mol. The van der Waals surface area contributed by atoms with Crippen LogP contribution in [-0.2, 0) is 0 Å². The van der Waals surface area contributed by atoms with Crippen molar-refractivity contribution < 1.29 is 4.42 Å². The Bertz CT molecular complexity index is 335. The van der Waals surface area contributed by atoms with E-state index in [0.29, 0.717) is 5.92 Å². The molecule has 1 heteroatoms. The molecule has 1 nitrogen and oxygen atoms in total. The molecule has 0 radical (unpaired) electrons. The smallest absolute Gasteiger partial charge is 0.133 e. The van der Waals surface area contributed by atoms with Crippen molar-refractivity contribution in [3.05, 3.63) is 61.6 Å². The fourth-order valence-electron chi connectivity index (χ4n) is 1.37. The van der Waals surface area contributed by atoms with Crippen LogP contribution in [-0.4, -0.2) is 0 Å². The number of furan rings is 1. The van der Waals surface area contributed by atoms with Crippen molar-refractivity contribution in [2.45, 2.75) is 13.8 Å². The number of hydrogen-bond donors (Lipinski definition) is 0. The lowest BCUT2D eigenvalue weighted by molar-refractivity contribution is 0.524. The molecule has 16 heavy (non-hydrogen) atoms. The standard InChI is InChI=1S/C11H12O.2C2H4/c1-8-3-5-10-7-9(2)12-11(10)6-4-8;2*1-2/h3-8H,1-2H3;2*1-2H2. The summed E-state index contributed by atoms with van der Waals surface area (Å²) >= 11 is 0. The minimum Gasteiger partial charge on any atom is -0.461 e. The highest BCUT2D eigenvalue weighted by Crippen LogP contribution is 2.22. The van der Waals surface area contributed by atoms with Gasteiger partial charge in [0, 0.05) is 5.56 Å². The molecule has 1 aromatic rings. The van der Waals surface area contributed by atoms with Crippen LogP contribution in [0.15, 0.2) is 49.0 Å². The Labute approximate surface area is 98.5 Å². The Morgan fingerprint density at radius 2 is 1.62 bits per heavy atom. The lowest BCUT2D eigenvalue weighted by atomic mass is 10.1. The van der Waals surface area contributed by atoms with Gasteiger partial charge in [0.05, 0.1) is 0 Å². The average molecular weight is 216 g/mol. The molecule has 1 aliphatic rings. The van der Waals surface area contributed by atoms with Crippen LogP contribution in [0.4, 0.5) is 0 Å². The molecule has 1 unspecified atom stereocenters. The normalized spacial score (nSPS) is 16.0. The molecule has 0 spiro atoms. The molecule has 1 heterocycles. The first-order valence-electron chi connectivity index (χ1n) is 5.22. The minimum absolute atomic E-state index is 0.507. The van der Waals surface area contributed by atoms with Crippen LogP contribution in [0.3, 0.4) is 0 Å². The average Bonchev–Trinajstić information content (AvgIpc) is 2.61. The summed E-state index contributed by atoms with van der Waals surface area (Å²) in [5.74, 6) is 2.46. The van der Waals surface area contributed by atoms with Crippen molar-refractivity contribution in [1.29, 1.82) is 0 Å². The second-order valence-electron chi connectivity index (χ2n) is 3.25. The van der Waals surface area contributed by atoms with Gasteiger partial charge >= 0.3 is 0 Å². The van der Waals surface area contributed by atoms with Gasteiger partial charge in [-0.15, -0.1) is 26.3 Å². The van der Waals surface area contributed by atoms with Gasteiger partial charge < -0.3 is 4.42 Å². The van der Waals surface area contributed by atoms with Gasteiger partial charge in [-0.05, 0) is 25.0 Å². The second kappa shape index (κ2) is 7.52. The number of allylic oxidation sites excluding steroid dienone is 2. The Morgan fingerprint density at radius 3 is 2.25 bits per heavy atom. The van der Waals surface area contributed by atoms with E-state index in [4.69, 9.17) is 4.42 Å². The largest absolute Gasteiger partial charge is 0.461 e. The minimum atomic E-state index is 0.507. The highest BCUT2D eigenvalue weighted by molar-refractivity contribution is 5.64. The van der Waals surface area contributed by atoms with Gasteiger partial charge in [-0.1, -0.05) is 25.2 Å². The van der Waals surface area contributed by atoms with Gasteiger partial charge in [0.1, 0.15) is 11.5 Å². The first kappa shape index (κ1) is 14.2. The maximum absolute atomic E-state index is 5.50. The number of fused-ring (bicyclic) bond motifs is 1. The monoisotopic (exact) mass is 216 g/mol. The number of aryl methyl sites for hydroxylation is 1. The van der Waals surface area contributed by atoms with Gasteiger partial charge in [0.2, 0.25) is 0 Å². The molecule has 0 aromatic carbocycles. The molecule has 1 aliphatic carbocycles. The number of rotatable bonds is 0. The molecule has 1 aromatic heterocycles. The molecule has 0 amide bonds. The van der Waals surface area contributed by atoms with Gasteiger partial charge in [0.25, 0.3) is 0 Å². The van der Waals surface area contributed by atoms with Crippen molar-refractivity contribution in [2.75, 3.05) is 0 Å². The highest BCUT2D eigenvalue weighted by atomic mass is 16.3. The summed E-state index contributed by atoms with van der Waals surface area (Å²) in [6, 6.07) is 2.06. The second-order valence-corrected chi connectivity index (χ2v) is 3.25. The first-order chi connectivity index (χ1) is 7.75. The zero-order valence-electron chi connectivity index (χ0n) is 10.2. The fraction of sp³-hybridized carbons (Fsp3) is 0.200. The molecule has 0 fully saturated rings. The maximum Gasteiger partial charge on any atom is 0.133 e. The third kappa shape index (κ3) is 3.77. The molecular formula is C15H20O. The Morgan fingerprint density at radius 1 is 1.06 bits per heavy atom. The van der Waals surface area contributed by atoms with E-state index in [0.717, 1.165) is 11.5 Å². The molecule has 0 saturated carbocycles. The van der Waals surface area contributed by atoms with Crippen LogP contribution in [0.2, 0.25) is 0 Å². The van der Waals surface area contributed by atoms with E-state index in [1.165, 1.54) is 5.56 Å². The molecule has 1 atom stereocenters. The molecule has 0 aliphatic heterocycles. The molecular weight excluding hydrogens is 196 g/mol. The van der Waals surface area contributed by atoms with Crippen LogP contribution >= 0.6 is 0 Å². The third-order valence-electron chi connectivity index (χ3n) is 2.04. The Kier molecular flexibility index (Phi) is 6.69. The van der Waals surface area contributed by atoms with Crippen molar-refractivity contribution in [2.24, 2.45) is 5.92 Å². The van der Waals surface area contributed by atoms with Crippen LogP contribution in [0.5, 0.6) is 0 Å². The summed E-state index contributed by atoms with van der Waals surface area (Å²) in [5, 5.41) is 0. The van der Waals surface area contributed by atoms with Crippen molar-refractivity contribution >= 4 is 12.2 Å². The van der Waals surface area contributed by atoms with E-state index in [-0.39, 0.29) is 0 Å². The summed E-state index contributed by atoms with van der Waals surface area (Å²) in [5.41, 5.74) is 1.19. The van der Waals surface area contributed by atoms with Gasteiger partial charge in [0.15, 0.2) is 0 Å². The van der Waals surface area contributed by atoms with E-state index in [2.05, 4.69) is 57.5 Å². The lowest BCUT2D eigenvalue weighted by Gasteiger charge is -1.91. The third-order valence-corrected chi connectivity index (χ3v) is 2.04. The quantitative estimate of drug-likeness (QED) is 0.564. The fourth-order valence-corrected chi connectivity index (χ4v) is 1.37. The van der Waals surface area contributed by atoms with E-state index in [1.807, 2.05) is 13.0 Å².